The average Bonchev–Trinajstić information content (AvgIpc) is 3.18. The largest absolute Gasteiger partial charge is 0.467 e. The highest BCUT2D eigenvalue weighted by atomic mass is 16.5. The number of aromatic amines is 1. The molecule has 3 N–H and O–H groups in total. The highest BCUT2D eigenvalue weighted by molar-refractivity contribution is 6.00. The predicted molar refractivity (Wildman–Crippen MR) is 113 cm³/mol. The van der Waals surface area contributed by atoms with Crippen molar-refractivity contribution < 1.29 is 19.1 Å². The third-order valence-corrected chi connectivity index (χ3v) is 5.64. The molecule has 0 aliphatic carbocycles. The monoisotopic (exact) mass is 419 g/mol. The lowest BCUT2D eigenvalue weighted by molar-refractivity contribution is -0.114. The summed E-state index contributed by atoms with van der Waals surface area (Å²) in [7, 11) is 0. The molecule has 0 bridgehead atoms. The van der Waals surface area contributed by atoms with Gasteiger partial charge in [0.05, 0.1) is 16.6 Å². The molecule has 1 saturated heterocycles. The number of nitrogens with zero attached hydrogens (tertiary/aromatic N) is 2. The molecule has 5 rings (SSSR count). The topological polar surface area (TPSA) is 116 Å². The number of anilines is 1. The maximum absolute atomic E-state index is 12.9. The van der Waals surface area contributed by atoms with Crippen molar-refractivity contribution in [2.24, 2.45) is 0 Å². The normalized spacial score (nSPS) is 17.1. The Hall–Kier alpha value is -3.88. The molecular formula is C22H21N5O4. The van der Waals surface area contributed by atoms with Crippen LogP contribution in [0.1, 0.15) is 40.7 Å². The first-order valence-corrected chi connectivity index (χ1v) is 10.1. The van der Waals surface area contributed by atoms with Gasteiger partial charge < -0.3 is 25.3 Å². The molecule has 9 heteroatoms. The van der Waals surface area contributed by atoms with Crippen molar-refractivity contribution in [1.82, 2.24) is 20.2 Å². The summed E-state index contributed by atoms with van der Waals surface area (Å²) in [6.45, 7) is 2.26. The van der Waals surface area contributed by atoms with Crippen LogP contribution in [-0.4, -0.2) is 51.4 Å². The van der Waals surface area contributed by atoms with Crippen LogP contribution in [0.3, 0.4) is 0 Å². The van der Waals surface area contributed by atoms with E-state index in [0.717, 1.165) is 11.0 Å². The summed E-state index contributed by atoms with van der Waals surface area (Å²) in [6.07, 6.45) is 0.912. The number of benzene rings is 2. The van der Waals surface area contributed by atoms with E-state index in [-0.39, 0.29) is 17.7 Å². The van der Waals surface area contributed by atoms with Crippen molar-refractivity contribution in [1.29, 1.82) is 0 Å². The van der Waals surface area contributed by atoms with Gasteiger partial charge in [0.2, 0.25) is 5.91 Å². The fourth-order valence-corrected chi connectivity index (χ4v) is 4.09. The third-order valence-electron chi connectivity index (χ3n) is 5.64. The molecule has 3 amide bonds. The summed E-state index contributed by atoms with van der Waals surface area (Å²) in [6, 6.07) is 12.5. The first-order valence-electron chi connectivity index (χ1n) is 10.1. The van der Waals surface area contributed by atoms with E-state index in [9.17, 15) is 14.4 Å². The van der Waals surface area contributed by atoms with E-state index in [1.807, 2.05) is 24.3 Å². The highest BCUT2D eigenvalue weighted by Gasteiger charge is 2.43. The molecule has 0 radical (unpaired) electrons. The molecule has 0 atom stereocenters. The quantitative estimate of drug-likeness (QED) is 0.589. The lowest BCUT2D eigenvalue weighted by atomic mass is 9.96. The van der Waals surface area contributed by atoms with Gasteiger partial charge in [-0.1, -0.05) is 12.1 Å². The second kappa shape index (κ2) is 7.12. The van der Waals surface area contributed by atoms with E-state index in [0.29, 0.717) is 48.8 Å². The van der Waals surface area contributed by atoms with E-state index in [2.05, 4.69) is 20.6 Å². The van der Waals surface area contributed by atoms with Crippen molar-refractivity contribution >= 4 is 34.4 Å². The Kier molecular flexibility index (Phi) is 4.39. The number of fused-ring (bicyclic) bond motifs is 2. The van der Waals surface area contributed by atoms with Crippen LogP contribution >= 0.6 is 0 Å². The lowest BCUT2D eigenvalue weighted by Crippen LogP contribution is -2.61. The van der Waals surface area contributed by atoms with Crippen molar-refractivity contribution in [3.05, 3.63) is 53.9 Å². The summed E-state index contributed by atoms with van der Waals surface area (Å²) in [5, 5.41) is 5.62. The maximum atomic E-state index is 12.9. The molecule has 158 valence electrons. The fourth-order valence-electron chi connectivity index (χ4n) is 4.09. The molecule has 1 aromatic heterocycles. The number of rotatable bonds is 2. The molecule has 1 spiro atoms. The Morgan fingerprint density at radius 3 is 2.68 bits per heavy atom. The van der Waals surface area contributed by atoms with E-state index >= 15 is 0 Å². The Labute approximate surface area is 177 Å². The van der Waals surface area contributed by atoms with Gasteiger partial charge in [-0.2, -0.15) is 0 Å². The molecule has 2 aliphatic heterocycles. The van der Waals surface area contributed by atoms with Crippen molar-refractivity contribution in [2.45, 2.75) is 25.5 Å². The summed E-state index contributed by atoms with van der Waals surface area (Å²) < 4.78 is 6.17. The zero-order valence-corrected chi connectivity index (χ0v) is 16.9. The minimum atomic E-state index is -0.857. The number of hydrogen-bond acceptors (Lipinski definition) is 5. The molecule has 0 unspecified atom stereocenters. The molecule has 2 aromatic carbocycles. The molecule has 9 nitrogen and oxygen atoms in total. The first kappa shape index (κ1) is 19.1. The van der Waals surface area contributed by atoms with Gasteiger partial charge in [0, 0.05) is 38.5 Å². The number of aromatic nitrogens is 2. The van der Waals surface area contributed by atoms with Gasteiger partial charge in [-0.15, -0.1) is 0 Å². The number of para-hydroxylation sites is 2. The van der Waals surface area contributed by atoms with Gasteiger partial charge in [-0.25, -0.2) is 4.98 Å². The second-order valence-corrected chi connectivity index (χ2v) is 7.84. The summed E-state index contributed by atoms with van der Waals surface area (Å²) in [4.78, 5) is 46.1. The Balaban J connectivity index is 1.30. The van der Waals surface area contributed by atoms with Gasteiger partial charge >= 0.3 is 0 Å². The molecular weight excluding hydrogens is 398 g/mol. The summed E-state index contributed by atoms with van der Waals surface area (Å²) >= 11 is 0. The number of carbonyl (C=O) groups excluding carboxylic acids is 3. The Bertz CT molecular complexity index is 1180. The number of likely N-dealkylation sites (tertiary alicyclic amines) is 1. The summed E-state index contributed by atoms with van der Waals surface area (Å²) in [5.41, 5.74) is 1.62. The Morgan fingerprint density at radius 2 is 1.94 bits per heavy atom. The van der Waals surface area contributed by atoms with Gasteiger partial charge in [0.25, 0.3) is 11.8 Å². The molecule has 1 fully saturated rings. The predicted octanol–water partition coefficient (Wildman–Crippen LogP) is 2.28. The molecule has 2 aliphatic rings. The van der Waals surface area contributed by atoms with E-state index in [1.54, 1.807) is 23.1 Å². The van der Waals surface area contributed by atoms with Crippen LogP contribution in [0.4, 0.5) is 5.69 Å². The molecule has 3 heterocycles. The number of amides is 3. The van der Waals surface area contributed by atoms with Crippen molar-refractivity contribution in [3.63, 3.8) is 0 Å². The zero-order valence-electron chi connectivity index (χ0n) is 16.9. The van der Waals surface area contributed by atoms with Crippen molar-refractivity contribution in [3.8, 4) is 5.75 Å². The van der Waals surface area contributed by atoms with E-state index in [4.69, 9.17) is 4.74 Å². The van der Waals surface area contributed by atoms with Gasteiger partial charge in [-0.3, -0.25) is 14.4 Å². The highest BCUT2D eigenvalue weighted by Crippen LogP contribution is 2.35. The Morgan fingerprint density at radius 1 is 1.16 bits per heavy atom. The van der Waals surface area contributed by atoms with Gasteiger partial charge in [0.15, 0.2) is 11.5 Å². The maximum Gasteiger partial charge on any atom is 0.289 e. The first-order chi connectivity index (χ1) is 14.9. The zero-order chi connectivity index (χ0) is 21.6. The van der Waals surface area contributed by atoms with Crippen molar-refractivity contribution in [2.75, 3.05) is 18.4 Å². The number of piperidine rings is 1. The van der Waals surface area contributed by atoms with Gasteiger partial charge in [0.1, 0.15) is 5.75 Å². The number of hydrogen-bond donors (Lipinski definition) is 3. The minimum Gasteiger partial charge on any atom is -0.467 e. The molecule has 0 saturated carbocycles. The standard InChI is InChI=1S/C22H21N5O4/c1-13(28)23-14-6-7-18-15(12-14)20(29)26-22(31-18)8-10-27(11-9-22)21(30)19-24-16-4-2-3-5-17(16)25-19/h2-7,12H,8-11H2,1H3,(H,23,28)(H,24,25)(H,26,29). The van der Waals surface area contributed by atoms with Crippen LogP contribution in [-0.2, 0) is 4.79 Å². The third kappa shape index (κ3) is 3.48. The average molecular weight is 419 g/mol. The smallest absolute Gasteiger partial charge is 0.289 e. The second-order valence-electron chi connectivity index (χ2n) is 7.84. The number of H-pyrrole nitrogens is 1. The van der Waals surface area contributed by atoms with E-state index < -0.39 is 5.72 Å². The number of carbonyl (C=O) groups is 3. The van der Waals surface area contributed by atoms with Crippen LogP contribution in [0.5, 0.6) is 5.75 Å². The van der Waals surface area contributed by atoms with Crippen LogP contribution in [0, 0.1) is 0 Å². The van der Waals surface area contributed by atoms with Crippen LogP contribution < -0.4 is 15.4 Å². The van der Waals surface area contributed by atoms with Crippen LogP contribution in [0.2, 0.25) is 0 Å². The minimum absolute atomic E-state index is 0.173. The molecule has 3 aromatic rings. The SMILES string of the molecule is CC(=O)Nc1ccc2c(c1)C(=O)NC1(CCN(C(=O)c3nc4ccccc4[nH]3)CC1)O2. The number of ether oxygens (including phenoxy) is 1. The number of imidazole rings is 1. The summed E-state index contributed by atoms with van der Waals surface area (Å²) in [5.74, 6) is 0.130. The molecule has 31 heavy (non-hydrogen) atoms. The number of nitrogens with one attached hydrogen (secondary N) is 3. The van der Waals surface area contributed by atoms with E-state index in [1.165, 1.54) is 6.92 Å². The van der Waals surface area contributed by atoms with Crippen LogP contribution in [0.15, 0.2) is 42.5 Å². The van der Waals surface area contributed by atoms with Gasteiger partial charge in [-0.05, 0) is 30.3 Å². The van der Waals surface area contributed by atoms with Crippen LogP contribution in [0.25, 0.3) is 11.0 Å². The fraction of sp³-hybridized carbons (Fsp3) is 0.273. The lowest BCUT2D eigenvalue weighted by Gasteiger charge is -2.44.